The maximum absolute atomic E-state index is 14.6. The molecule has 0 aliphatic carbocycles. The average molecular weight is 441 g/mol. The van der Waals surface area contributed by atoms with E-state index >= 15 is 0 Å². The van der Waals surface area contributed by atoms with Gasteiger partial charge < -0.3 is 19.9 Å². The standard InChI is InChI=1S/C23H25FN4O2S/c1-25-9-7-20(21-6-4-12-31-21)30-18-14-16(24)13-17(15-18)28-11-10-27(2)22-19(23(28)29)5-3-8-26-22/h3-6,8,12-15,20,25H,7,9-11H2,1-2H3/t20-/m0/s1. The Bertz CT molecular complexity index is 1040. The lowest BCUT2D eigenvalue weighted by Crippen LogP contribution is -2.33. The molecular weight excluding hydrogens is 415 g/mol. The molecule has 1 aromatic carbocycles. The van der Waals surface area contributed by atoms with Gasteiger partial charge in [0.25, 0.3) is 5.91 Å². The highest BCUT2D eigenvalue weighted by molar-refractivity contribution is 7.10. The monoisotopic (exact) mass is 440 g/mol. The van der Waals surface area contributed by atoms with Crippen LogP contribution in [0.3, 0.4) is 0 Å². The first-order valence-corrected chi connectivity index (χ1v) is 11.1. The molecule has 3 aromatic rings. The number of nitrogens with one attached hydrogen (secondary N) is 1. The Kier molecular flexibility index (Phi) is 6.48. The van der Waals surface area contributed by atoms with E-state index in [0.717, 1.165) is 17.8 Å². The number of hydrogen-bond donors (Lipinski definition) is 1. The first kappa shape index (κ1) is 21.3. The molecule has 0 unspecified atom stereocenters. The van der Waals surface area contributed by atoms with Crippen molar-refractivity contribution in [2.24, 2.45) is 0 Å². The maximum Gasteiger partial charge on any atom is 0.262 e. The van der Waals surface area contributed by atoms with Crippen LogP contribution in [0.2, 0.25) is 0 Å². The number of rotatable bonds is 7. The number of anilines is 2. The number of carbonyl (C=O) groups is 1. The van der Waals surface area contributed by atoms with Gasteiger partial charge in [0.15, 0.2) is 0 Å². The Morgan fingerprint density at radius 3 is 2.90 bits per heavy atom. The summed E-state index contributed by atoms with van der Waals surface area (Å²) in [4.78, 5) is 22.2. The highest BCUT2D eigenvalue weighted by Crippen LogP contribution is 2.32. The Morgan fingerprint density at radius 1 is 1.26 bits per heavy atom. The smallest absolute Gasteiger partial charge is 0.262 e. The fourth-order valence-corrected chi connectivity index (χ4v) is 4.45. The van der Waals surface area contributed by atoms with Gasteiger partial charge in [-0.05, 0) is 43.2 Å². The summed E-state index contributed by atoms with van der Waals surface area (Å²) in [7, 11) is 3.79. The van der Waals surface area contributed by atoms with Gasteiger partial charge in [0.05, 0.1) is 11.3 Å². The SMILES string of the molecule is CNCC[C@H](Oc1cc(F)cc(N2CCN(C)c3ncccc3C2=O)c1)c1cccs1. The number of carbonyl (C=O) groups excluding carboxylic acids is 1. The van der Waals surface area contributed by atoms with Gasteiger partial charge >= 0.3 is 0 Å². The predicted molar refractivity (Wildman–Crippen MR) is 122 cm³/mol. The number of amides is 1. The summed E-state index contributed by atoms with van der Waals surface area (Å²) in [5.41, 5.74) is 0.975. The minimum atomic E-state index is -0.442. The molecule has 1 N–H and O–H groups in total. The normalized spacial score (nSPS) is 14.9. The molecule has 0 bridgehead atoms. The van der Waals surface area contributed by atoms with E-state index in [4.69, 9.17) is 4.74 Å². The third kappa shape index (κ3) is 4.70. The molecule has 0 radical (unpaired) electrons. The van der Waals surface area contributed by atoms with Crippen molar-refractivity contribution in [1.29, 1.82) is 0 Å². The van der Waals surface area contributed by atoms with E-state index in [-0.39, 0.29) is 12.0 Å². The molecular formula is C23H25FN4O2S. The fourth-order valence-electron chi connectivity index (χ4n) is 3.66. The molecule has 0 saturated heterocycles. The van der Waals surface area contributed by atoms with Crippen molar-refractivity contribution in [2.45, 2.75) is 12.5 Å². The van der Waals surface area contributed by atoms with Crippen LogP contribution in [0.1, 0.15) is 27.8 Å². The average Bonchev–Trinajstić information content (AvgIpc) is 3.27. The molecule has 0 fully saturated rings. The van der Waals surface area contributed by atoms with Crippen LogP contribution in [-0.2, 0) is 0 Å². The molecule has 1 aliphatic rings. The van der Waals surface area contributed by atoms with Gasteiger partial charge in [-0.1, -0.05) is 6.07 Å². The number of fused-ring (bicyclic) bond motifs is 1. The van der Waals surface area contributed by atoms with E-state index in [1.807, 2.05) is 36.5 Å². The molecule has 1 atom stereocenters. The van der Waals surface area contributed by atoms with Gasteiger partial charge in [-0.3, -0.25) is 4.79 Å². The summed E-state index contributed by atoms with van der Waals surface area (Å²) in [6.45, 7) is 1.77. The van der Waals surface area contributed by atoms with Crippen molar-refractivity contribution in [1.82, 2.24) is 10.3 Å². The van der Waals surface area contributed by atoms with Gasteiger partial charge in [0, 0.05) is 49.8 Å². The van der Waals surface area contributed by atoms with E-state index in [2.05, 4.69) is 10.3 Å². The van der Waals surface area contributed by atoms with Crippen LogP contribution < -0.4 is 19.9 Å². The molecule has 6 nitrogen and oxygen atoms in total. The summed E-state index contributed by atoms with van der Waals surface area (Å²) in [6, 6.07) is 12.0. The minimum Gasteiger partial charge on any atom is -0.485 e. The number of likely N-dealkylation sites (N-methyl/N-ethyl adjacent to an activating group) is 1. The number of nitrogens with zero attached hydrogens (tertiary/aromatic N) is 3. The molecule has 162 valence electrons. The fraction of sp³-hybridized carbons (Fsp3) is 0.304. The van der Waals surface area contributed by atoms with Crippen LogP contribution in [0.5, 0.6) is 5.75 Å². The Labute approximate surface area is 185 Å². The van der Waals surface area contributed by atoms with Gasteiger partial charge in [0.1, 0.15) is 23.5 Å². The lowest BCUT2D eigenvalue weighted by molar-refractivity contribution is 0.0990. The van der Waals surface area contributed by atoms with Crippen LogP contribution >= 0.6 is 11.3 Å². The molecule has 1 amide bonds. The predicted octanol–water partition coefficient (Wildman–Crippen LogP) is 4.11. The molecule has 8 heteroatoms. The molecule has 1 aliphatic heterocycles. The number of halogens is 1. The van der Waals surface area contributed by atoms with E-state index in [0.29, 0.717) is 35.9 Å². The largest absolute Gasteiger partial charge is 0.485 e. The summed E-state index contributed by atoms with van der Waals surface area (Å²) in [6.07, 6.45) is 2.22. The second-order valence-corrected chi connectivity index (χ2v) is 8.39. The zero-order chi connectivity index (χ0) is 21.8. The quantitative estimate of drug-likeness (QED) is 0.599. The Morgan fingerprint density at radius 2 is 2.13 bits per heavy atom. The second kappa shape index (κ2) is 9.45. The zero-order valence-electron chi connectivity index (χ0n) is 17.5. The number of thiophene rings is 1. The number of pyridine rings is 1. The summed E-state index contributed by atoms with van der Waals surface area (Å²) in [5, 5.41) is 5.13. The lowest BCUT2D eigenvalue weighted by atomic mass is 10.2. The van der Waals surface area contributed by atoms with Crippen LogP contribution in [0, 0.1) is 5.82 Å². The lowest BCUT2D eigenvalue weighted by Gasteiger charge is -2.23. The van der Waals surface area contributed by atoms with Crippen molar-refractivity contribution in [2.75, 3.05) is 43.5 Å². The Hall–Kier alpha value is -2.97. The van der Waals surface area contributed by atoms with Crippen LogP contribution in [0.4, 0.5) is 15.9 Å². The van der Waals surface area contributed by atoms with Crippen molar-refractivity contribution < 1.29 is 13.9 Å². The minimum absolute atomic E-state index is 0.196. The third-order valence-electron chi connectivity index (χ3n) is 5.25. The van der Waals surface area contributed by atoms with Crippen LogP contribution in [-0.4, -0.2) is 44.6 Å². The first-order chi connectivity index (χ1) is 15.1. The maximum atomic E-state index is 14.6. The first-order valence-electron chi connectivity index (χ1n) is 10.2. The van der Waals surface area contributed by atoms with Crippen molar-refractivity contribution >= 4 is 28.7 Å². The van der Waals surface area contributed by atoms with Crippen LogP contribution in [0.25, 0.3) is 0 Å². The van der Waals surface area contributed by atoms with Crippen molar-refractivity contribution in [3.05, 3.63) is 70.3 Å². The highest BCUT2D eigenvalue weighted by Gasteiger charge is 2.27. The van der Waals surface area contributed by atoms with E-state index < -0.39 is 5.82 Å². The zero-order valence-corrected chi connectivity index (χ0v) is 18.4. The molecule has 3 heterocycles. The van der Waals surface area contributed by atoms with Crippen molar-refractivity contribution in [3.63, 3.8) is 0 Å². The third-order valence-corrected chi connectivity index (χ3v) is 6.21. The van der Waals surface area contributed by atoms with Gasteiger partial charge in [0.2, 0.25) is 0 Å². The van der Waals surface area contributed by atoms with Crippen molar-refractivity contribution in [3.8, 4) is 5.75 Å². The van der Waals surface area contributed by atoms with Gasteiger partial charge in [-0.25, -0.2) is 9.37 Å². The number of ether oxygens (including phenoxy) is 1. The van der Waals surface area contributed by atoms with Crippen LogP contribution in [0.15, 0.2) is 54.0 Å². The second-order valence-electron chi connectivity index (χ2n) is 7.41. The van der Waals surface area contributed by atoms with E-state index in [9.17, 15) is 9.18 Å². The Balaban J connectivity index is 1.64. The summed E-state index contributed by atoms with van der Waals surface area (Å²) < 4.78 is 20.8. The topological polar surface area (TPSA) is 57.7 Å². The molecule has 4 rings (SSSR count). The molecule has 2 aromatic heterocycles. The highest BCUT2D eigenvalue weighted by atomic mass is 32.1. The number of hydrogen-bond acceptors (Lipinski definition) is 6. The molecule has 0 saturated carbocycles. The summed E-state index contributed by atoms with van der Waals surface area (Å²) >= 11 is 1.61. The van der Waals surface area contributed by atoms with Gasteiger partial charge in [-0.2, -0.15) is 0 Å². The van der Waals surface area contributed by atoms with E-state index in [1.54, 1.807) is 40.6 Å². The summed E-state index contributed by atoms with van der Waals surface area (Å²) in [5.74, 6) is 0.394. The molecule has 0 spiro atoms. The molecule has 31 heavy (non-hydrogen) atoms. The number of benzene rings is 1. The van der Waals surface area contributed by atoms with Gasteiger partial charge in [-0.15, -0.1) is 11.3 Å². The number of aromatic nitrogens is 1. The van der Waals surface area contributed by atoms with E-state index in [1.165, 1.54) is 12.1 Å².